The summed E-state index contributed by atoms with van der Waals surface area (Å²) in [5, 5.41) is 21.9. The van der Waals surface area contributed by atoms with Gasteiger partial charge in [-0.15, -0.1) is 5.10 Å². The Labute approximate surface area is 182 Å². The first-order chi connectivity index (χ1) is 15.4. The first-order valence-corrected chi connectivity index (χ1v) is 9.81. The van der Waals surface area contributed by atoms with Crippen LogP contribution in [0.3, 0.4) is 0 Å². The van der Waals surface area contributed by atoms with Crippen molar-refractivity contribution in [2.24, 2.45) is 7.05 Å². The largest absolute Gasteiger partial charge is 0.373 e. The zero-order valence-corrected chi connectivity index (χ0v) is 17.3. The van der Waals surface area contributed by atoms with E-state index in [1.807, 2.05) is 6.07 Å². The Morgan fingerprint density at radius 2 is 1.84 bits per heavy atom. The number of aryl methyl sites for hydroxylation is 1. The van der Waals surface area contributed by atoms with Crippen molar-refractivity contribution < 1.29 is 14.4 Å². The monoisotopic (exact) mass is 433 g/mol. The molecule has 1 fully saturated rings. The molecule has 12 nitrogen and oxygen atoms in total. The van der Waals surface area contributed by atoms with Crippen LogP contribution in [0.1, 0.15) is 12.2 Å². The Hall–Kier alpha value is -4.19. The lowest BCUT2D eigenvalue weighted by Gasteiger charge is -2.16. The minimum absolute atomic E-state index is 0.102. The quantitative estimate of drug-likeness (QED) is 0.469. The van der Waals surface area contributed by atoms with Gasteiger partial charge in [-0.3, -0.25) is 14.8 Å². The molecule has 1 aliphatic heterocycles. The molecule has 162 valence electrons. The minimum Gasteiger partial charge on any atom is -0.373 e. The molecule has 5 heterocycles. The summed E-state index contributed by atoms with van der Waals surface area (Å²) in [5.74, 6) is 0.401. The summed E-state index contributed by atoms with van der Waals surface area (Å²) in [5.41, 5.74) is 0.379. The highest BCUT2D eigenvalue weighted by molar-refractivity contribution is 5.87. The van der Waals surface area contributed by atoms with Crippen LogP contribution in [-0.2, 0) is 17.4 Å². The number of rotatable bonds is 5. The molecule has 1 aliphatic rings. The number of anilines is 2. The van der Waals surface area contributed by atoms with Crippen molar-refractivity contribution >= 4 is 17.8 Å². The molecule has 1 saturated heterocycles. The predicted molar refractivity (Wildman–Crippen MR) is 111 cm³/mol. The Morgan fingerprint density at radius 3 is 2.56 bits per heavy atom. The summed E-state index contributed by atoms with van der Waals surface area (Å²) in [6.07, 6.45) is 3.41. The van der Waals surface area contributed by atoms with Crippen LogP contribution in [0.25, 0.3) is 22.8 Å². The van der Waals surface area contributed by atoms with Crippen LogP contribution in [0.2, 0.25) is 0 Å². The van der Waals surface area contributed by atoms with Crippen LogP contribution < -0.4 is 5.32 Å². The van der Waals surface area contributed by atoms with Crippen LogP contribution in [0.15, 0.2) is 47.4 Å². The molecule has 12 heteroatoms. The predicted octanol–water partition coefficient (Wildman–Crippen LogP) is 1.12. The third-order valence-electron chi connectivity index (χ3n) is 5.18. The number of amides is 1. The molecule has 4 aromatic heterocycles. The summed E-state index contributed by atoms with van der Waals surface area (Å²) in [6.45, 7) is 0.442. The van der Waals surface area contributed by atoms with Crippen molar-refractivity contribution in [1.29, 1.82) is 0 Å². The first-order valence-electron chi connectivity index (χ1n) is 9.81. The number of likely N-dealkylation sites (tertiary alicyclic amines) is 1. The lowest BCUT2D eigenvalue weighted by Crippen LogP contribution is -2.35. The number of nitrogens with zero attached hydrogens (tertiary/aromatic N) is 8. The normalized spacial score (nSPS) is 18.3. The third-order valence-corrected chi connectivity index (χ3v) is 5.18. The molecular weight excluding hydrogens is 414 g/mol. The van der Waals surface area contributed by atoms with E-state index in [0.717, 1.165) is 0 Å². The van der Waals surface area contributed by atoms with Gasteiger partial charge in [-0.1, -0.05) is 11.2 Å². The lowest BCUT2D eigenvalue weighted by atomic mass is 9.98. The zero-order valence-electron chi connectivity index (χ0n) is 17.3. The van der Waals surface area contributed by atoms with Crippen LogP contribution >= 0.6 is 0 Å². The van der Waals surface area contributed by atoms with Gasteiger partial charge >= 0.3 is 0 Å². The fourth-order valence-electron chi connectivity index (χ4n) is 3.45. The van der Waals surface area contributed by atoms with E-state index in [9.17, 15) is 9.90 Å². The molecule has 0 saturated carbocycles. The number of hydrogen-bond donors (Lipinski definition) is 2. The van der Waals surface area contributed by atoms with E-state index in [2.05, 4.69) is 35.5 Å². The van der Waals surface area contributed by atoms with E-state index in [1.165, 1.54) is 4.90 Å². The van der Waals surface area contributed by atoms with Crippen molar-refractivity contribution in [3.8, 4) is 22.8 Å². The topological polar surface area (TPSA) is 148 Å². The molecule has 5 rings (SSSR count). The molecule has 1 atom stereocenters. The molecule has 0 bridgehead atoms. The van der Waals surface area contributed by atoms with Crippen LogP contribution in [0.5, 0.6) is 0 Å². The van der Waals surface area contributed by atoms with Crippen molar-refractivity contribution in [2.45, 2.75) is 12.0 Å². The maximum atomic E-state index is 12.3. The number of carbonyl (C=O) groups excluding carboxylic acids is 1. The van der Waals surface area contributed by atoms with Crippen molar-refractivity contribution in [3.63, 3.8) is 0 Å². The average Bonchev–Trinajstić information content (AvgIpc) is 3.52. The van der Waals surface area contributed by atoms with Gasteiger partial charge in [-0.25, -0.2) is 19.9 Å². The summed E-state index contributed by atoms with van der Waals surface area (Å²) in [4.78, 5) is 31.1. The molecule has 0 aliphatic carbocycles. The van der Waals surface area contributed by atoms with Gasteiger partial charge in [0.25, 0.3) is 5.91 Å². The minimum atomic E-state index is -1.70. The second-order valence-corrected chi connectivity index (χ2v) is 7.45. The standard InChI is InChI=1S/C20H19N9O3/c1-28-9-7-20(31,17(28)30)16-10-15(27-32-16)13-5-3-4-12(23-13)14-6-8-21-18(24-14)25-19-22-11-29(2)26-19/h3-6,8,10-11,31H,7,9H2,1-2H3,(H,21,24,25,26). The third kappa shape index (κ3) is 3.46. The second kappa shape index (κ2) is 7.50. The highest BCUT2D eigenvalue weighted by Gasteiger charge is 2.48. The first kappa shape index (κ1) is 19.8. The highest BCUT2D eigenvalue weighted by atomic mass is 16.5. The Bertz CT molecular complexity index is 1300. The number of carbonyl (C=O) groups is 1. The molecule has 2 N–H and O–H groups in total. The van der Waals surface area contributed by atoms with Gasteiger partial charge in [0.1, 0.15) is 12.0 Å². The van der Waals surface area contributed by atoms with Crippen molar-refractivity contribution in [2.75, 3.05) is 18.9 Å². The van der Waals surface area contributed by atoms with Gasteiger partial charge in [-0.05, 0) is 18.2 Å². The lowest BCUT2D eigenvalue weighted by molar-refractivity contribution is -0.144. The number of hydrogen-bond acceptors (Lipinski definition) is 10. The average molecular weight is 433 g/mol. The molecule has 32 heavy (non-hydrogen) atoms. The molecule has 0 radical (unpaired) electrons. The Kier molecular flexibility index (Phi) is 4.63. The molecule has 0 aromatic carbocycles. The summed E-state index contributed by atoms with van der Waals surface area (Å²) < 4.78 is 6.89. The van der Waals surface area contributed by atoms with Crippen LogP contribution in [0, 0.1) is 0 Å². The van der Waals surface area contributed by atoms with E-state index in [0.29, 0.717) is 41.2 Å². The van der Waals surface area contributed by atoms with Crippen LogP contribution in [0.4, 0.5) is 11.9 Å². The molecule has 1 amide bonds. The van der Waals surface area contributed by atoms with E-state index >= 15 is 0 Å². The van der Waals surface area contributed by atoms with Gasteiger partial charge in [0.2, 0.25) is 17.5 Å². The van der Waals surface area contributed by atoms with Crippen LogP contribution in [-0.4, -0.2) is 64.4 Å². The number of pyridine rings is 1. The molecular formula is C20H19N9O3. The van der Waals surface area contributed by atoms with Crippen molar-refractivity contribution in [3.05, 3.63) is 48.6 Å². The Morgan fingerprint density at radius 1 is 1.06 bits per heavy atom. The zero-order chi connectivity index (χ0) is 22.3. The number of nitrogens with one attached hydrogen (secondary N) is 1. The number of aromatic nitrogens is 7. The van der Waals surface area contributed by atoms with Gasteiger partial charge in [0.15, 0.2) is 5.76 Å². The van der Waals surface area contributed by atoms with Crippen molar-refractivity contribution in [1.82, 2.24) is 39.8 Å². The van der Waals surface area contributed by atoms with Gasteiger partial charge < -0.3 is 14.5 Å². The van der Waals surface area contributed by atoms with E-state index in [-0.39, 0.29) is 12.2 Å². The maximum absolute atomic E-state index is 12.3. The number of likely N-dealkylation sites (N-methyl/N-ethyl adjacent to an activating group) is 1. The summed E-state index contributed by atoms with van der Waals surface area (Å²) in [6, 6.07) is 8.65. The smallest absolute Gasteiger partial charge is 0.262 e. The van der Waals surface area contributed by atoms with Gasteiger partial charge in [0.05, 0.1) is 17.1 Å². The fourth-order valence-corrected chi connectivity index (χ4v) is 3.45. The van der Waals surface area contributed by atoms with Gasteiger partial charge in [-0.2, -0.15) is 0 Å². The number of aliphatic hydroxyl groups is 1. The van der Waals surface area contributed by atoms with E-state index in [1.54, 1.807) is 55.6 Å². The summed E-state index contributed by atoms with van der Waals surface area (Å²) in [7, 11) is 3.40. The SMILES string of the molecule is CN1CCC(O)(c2cc(-c3cccc(-c4ccnc(Nc5ncn(C)n5)n4)n3)no2)C1=O. The highest BCUT2D eigenvalue weighted by Crippen LogP contribution is 2.34. The molecule has 1 unspecified atom stereocenters. The fraction of sp³-hybridized carbons (Fsp3) is 0.250. The molecule has 4 aromatic rings. The van der Waals surface area contributed by atoms with E-state index in [4.69, 9.17) is 4.52 Å². The Balaban J connectivity index is 1.42. The van der Waals surface area contributed by atoms with E-state index < -0.39 is 11.5 Å². The summed E-state index contributed by atoms with van der Waals surface area (Å²) >= 11 is 0. The second-order valence-electron chi connectivity index (χ2n) is 7.45. The van der Waals surface area contributed by atoms with Gasteiger partial charge in [0, 0.05) is 39.3 Å². The molecule has 0 spiro atoms. The maximum Gasteiger partial charge on any atom is 0.262 e.